The van der Waals surface area contributed by atoms with Crippen molar-refractivity contribution in [1.82, 2.24) is 0 Å². The van der Waals surface area contributed by atoms with Crippen LogP contribution >= 0.6 is 0 Å². The molecular formula is C22H32O5Si2. The number of rotatable bonds is 12. The van der Waals surface area contributed by atoms with Gasteiger partial charge in [0.15, 0.2) is 0 Å². The van der Waals surface area contributed by atoms with Crippen molar-refractivity contribution < 1.29 is 22.4 Å². The minimum Gasteiger partial charge on any atom is -0.494 e. The summed E-state index contributed by atoms with van der Waals surface area (Å²) < 4.78 is 32.2. The minimum absolute atomic E-state index is 0.129. The molecular weight excluding hydrogens is 400 g/mol. The SMILES string of the molecule is CCOC1=C2C=CC(=C1)[Si]2(OC(C)c1ccccc1)[Si](OCC)(OCC)OCC. The maximum atomic E-state index is 7.03. The normalized spacial score (nSPS) is 21.6. The second-order valence-corrected chi connectivity index (χ2v) is 15.5. The van der Waals surface area contributed by atoms with Crippen LogP contribution in [0.5, 0.6) is 0 Å². The highest BCUT2D eigenvalue weighted by Gasteiger charge is 2.73. The monoisotopic (exact) mass is 432 g/mol. The molecule has 1 aromatic rings. The summed E-state index contributed by atoms with van der Waals surface area (Å²) in [4.78, 5) is 0. The van der Waals surface area contributed by atoms with Gasteiger partial charge >= 0.3 is 16.2 Å². The molecule has 5 nitrogen and oxygen atoms in total. The number of ether oxygens (including phenoxy) is 1. The summed E-state index contributed by atoms with van der Waals surface area (Å²) in [7, 11) is -6.13. The van der Waals surface area contributed by atoms with E-state index in [0.29, 0.717) is 26.4 Å². The van der Waals surface area contributed by atoms with Crippen molar-refractivity contribution in [2.75, 3.05) is 26.4 Å². The fraction of sp³-hybridized carbons (Fsp3) is 0.455. The Balaban J connectivity index is 2.14. The highest BCUT2D eigenvalue weighted by atomic mass is 29.3. The van der Waals surface area contributed by atoms with Crippen LogP contribution in [0.1, 0.15) is 46.3 Å². The molecule has 2 bridgehead atoms. The van der Waals surface area contributed by atoms with Crippen LogP contribution in [0.2, 0.25) is 0 Å². The van der Waals surface area contributed by atoms with Crippen molar-refractivity contribution in [1.29, 1.82) is 0 Å². The number of benzene rings is 1. The Bertz CT molecular complexity index is 773. The molecule has 2 atom stereocenters. The Morgan fingerprint density at radius 3 is 2.03 bits per heavy atom. The molecule has 0 fully saturated rings. The molecule has 0 N–H and O–H groups in total. The predicted molar refractivity (Wildman–Crippen MR) is 118 cm³/mol. The zero-order valence-electron chi connectivity index (χ0n) is 18.1. The Morgan fingerprint density at radius 2 is 1.48 bits per heavy atom. The van der Waals surface area contributed by atoms with Crippen LogP contribution in [-0.4, -0.2) is 42.6 Å². The van der Waals surface area contributed by atoms with Gasteiger partial charge in [-0.25, -0.2) is 0 Å². The summed E-state index contributed by atoms with van der Waals surface area (Å²) in [5.74, 6) is 0.868. The van der Waals surface area contributed by atoms with Crippen LogP contribution in [0, 0.1) is 0 Å². The Labute approximate surface area is 176 Å². The van der Waals surface area contributed by atoms with Gasteiger partial charge < -0.3 is 22.4 Å². The summed E-state index contributed by atoms with van der Waals surface area (Å²) in [6, 6.07) is 10.3. The molecule has 2 heterocycles. The van der Waals surface area contributed by atoms with Crippen molar-refractivity contribution in [3.63, 3.8) is 0 Å². The van der Waals surface area contributed by atoms with Crippen LogP contribution in [0.25, 0.3) is 0 Å². The summed E-state index contributed by atoms with van der Waals surface area (Å²) in [6.45, 7) is 12.2. The van der Waals surface area contributed by atoms with Gasteiger partial charge in [0.05, 0.1) is 12.7 Å². The Morgan fingerprint density at radius 1 is 0.862 bits per heavy atom. The first-order valence-corrected chi connectivity index (χ1v) is 15.1. The highest BCUT2D eigenvalue weighted by molar-refractivity contribution is 7.39. The van der Waals surface area contributed by atoms with E-state index in [1.54, 1.807) is 0 Å². The van der Waals surface area contributed by atoms with E-state index in [0.717, 1.165) is 21.7 Å². The third kappa shape index (κ3) is 3.83. The van der Waals surface area contributed by atoms with Gasteiger partial charge in [-0.2, -0.15) is 0 Å². The molecule has 0 aliphatic carbocycles. The second-order valence-electron chi connectivity index (χ2n) is 6.85. The quantitative estimate of drug-likeness (QED) is 0.447. The van der Waals surface area contributed by atoms with Gasteiger partial charge in [-0.15, -0.1) is 0 Å². The molecule has 2 unspecified atom stereocenters. The summed E-state index contributed by atoms with van der Waals surface area (Å²) in [5.41, 5.74) is 1.12. The van der Waals surface area contributed by atoms with Crippen molar-refractivity contribution in [2.45, 2.75) is 40.7 Å². The smallest absolute Gasteiger partial charge is 0.494 e. The van der Waals surface area contributed by atoms with Crippen molar-refractivity contribution >= 4 is 16.2 Å². The number of hydrogen-bond donors (Lipinski definition) is 0. The van der Waals surface area contributed by atoms with Gasteiger partial charge in [-0.05, 0) is 51.5 Å². The Kier molecular flexibility index (Phi) is 7.31. The summed E-state index contributed by atoms with van der Waals surface area (Å²) in [6.07, 6.45) is 6.21. The van der Waals surface area contributed by atoms with Crippen LogP contribution in [0.15, 0.2) is 64.7 Å². The summed E-state index contributed by atoms with van der Waals surface area (Å²) in [5, 5.41) is 2.18. The zero-order chi connectivity index (χ0) is 20.9. The zero-order valence-corrected chi connectivity index (χ0v) is 20.1. The van der Waals surface area contributed by atoms with E-state index in [2.05, 4.69) is 37.3 Å². The molecule has 0 aromatic heterocycles. The van der Waals surface area contributed by atoms with Crippen molar-refractivity contribution in [3.8, 4) is 0 Å². The average Bonchev–Trinajstić information content (AvgIpc) is 3.22. The lowest BCUT2D eigenvalue weighted by Crippen LogP contribution is -2.71. The molecule has 0 saturated carbocycles. The maximum absolute atomic E-state index is 7.03. The molecule has 3 rings (SSSR count). The van der Waals surface area contributed by atoms with Gasteiger partial charge in [-0.3, -0.25) is 0 Å². The number of allylic oxidation sites excluding steroid dienone is 5. The van der Waals surface area contributed by atoms with E-state index in [1.807, 2.05) is 45.9 Å². The fourth-order valence-corrected chi connectivity index (χ4v) is 16.8. The lowest BCUT2D eigenvalue weighted by molar-refractivity contribution is 0.0792. The van der Waals surface area contributed by atoms with E-state index in [1.165, 1.54) is 0 Å². The molecule has 0 spiro atoms. The van der Waals surface area contributed by atoms with Gasteiger partial charge in [0, 0.05) is 25.0 Å². The first kappa shape index (κ1) is 22.2. The van der Waals surface area contributed by atoms with E-state index in [9.17, 15) is 0 Å². The van der Waals surface area contributed by atoms with Gasteiger partial charge in [0.25, 0.3) is 0 Å². The van der Waals surface area contributed by atoms with Crippen molar-refractivity contribution in [2.24, 2.45) is 0 Å². The molecule has 0 amide bonds. The van der Waals surface area contributed by atoms with Crippen LogP contribution in [0.3, 0.4) is 0 Å². The topological polar surface area (TPSA) is 46.2 Å². The third-order valence-electron chi connectivity index (χ3n) is 5.12. The van der Waals surface area contributed by atoms with Crippen LogP contribution in [0.4, 0.5) is 0 Å². The second kappa shape index (κ2) is 9.55. The van der Waals surface area contributed by atoms with E-state index < -0.39 is 16.2 Å². The lowest BCUT2D eigenvalue weighted by Gasteiger charge is -2.42. The molecule has 0 radical (unpaired) electrons. The fourth-order valence-electron chi connectivity index (χ4n) is 4.07. The molecule has 1 aromatic carbocycles. The predicted octanol–water partition coefficient (Wildman–Crippen LogP) is 4.72. The largest absolute Gasteiger partial charge is 0.515 e. The molecule has 0 saturated heterocycles. The standard InChI is InChI=1S/C22H32O5Si2/c1-6-23-21-17-20-15-16-22(21)28(20,27-18(5)19-13-11-10-12-14-19)29(24-7-2,25-8-3)26-9-4/h10-18H,6-9H2,1-5H3. The first-order chi connectivity index (χ1) is 14.1. The molecule has 29 heavy (non-hydrogen) atoms. The highest BCUT2D eigenvalue weighted by Crippen LogP contribution is 2.50. The maximum Gasteiger partial charge on any atom is 0.515 e. The molecule has 2 aliphatic heterocycles. The third-order valence-corrected chi connectivity index (χ3v) is 16.9. The number of hydrogen-bond acceptors (Lipinski definition) is 5. The van der Waals surface area contributed by atoms with Gasteiger partial charge in [-0.1, -0.05) is 42.5 Å². The lowest BCUT2D eigenvalue weighted by atomic mass is 10.1. The first-order valence-electron chi connectivity index (χ1n) is 10.5. The minimum atomic E-state index is -3.19. The average molecular weight is 433 g/mol. The molecule has 7 heteroatoms. The summed E-state index contributed by atoms with van der Waals surface area (Å²) >= 11 is 0. The molecule has 158 valence electrons. The Hall–Kier alpha value is -1.49. The van der Waals surface area contributed by atoms with Gasteiger partial charge in [0.2, 0.25) is 0 Å². The van der Waals surface area contributed by atoms with Crippen molar-refractivity contribution in [3.05, 3.63) is 70.3 Å². The van der Waals surface area contributed by atoms with E-state index in [4.69, 9.17) is 22.4 Å². The molecule has 2 aliphatic rings. The van der Waals surface area contributed by atoms with Gasteiger partial charge in [0.1, 0.15) is 5.76 Å². The van der Waals surface area contributed by atoms with Crippen LogP contribution < -0.4 is 0 Å². The number of fused-ring (bicyclic) bond motifs is 2. The van der Waals surface area contributed by atoms with E-state index >= 15 is 0 Å². The van der Waals surface area contributed by atoms with E-state index in [-0.39, 0.29) is 6.10 Å². The van der Waals surface area contributed by atoms with Crippen LogP contribution in [-0.2, 0) is 22.4 Å².